The zero-order valence-electron chi connectivity index (χ0n) is 13.5. The molecule has 3 aromatic rings. The topological polar surface area (TPSA) is 50.2 Å². The van der Waals surface area contributed by atoms with Crippen LogP contribution in [0.3, 0.4) is 0 Å². The third-order valence-electron chi connectivity index (χ3n) is 3.51. The summed E-state index contributed by atoms with van der Waals surface area (Å²) < 4.78 is 1.05. The summed E-state index contributed by atoms with van der Waals surface area (Å²) in [6, 6.07) is 20.0. The molecule has 0 spiro atoms. The van der Waals surface area contributed by atoms with Gasteiger partial charge in [0.05, 0.1) is 11.4 Å². The minimum absolute atomic E-state index is 0.679. The Morgan fingerprint density at radius 3 is 2.42 bits per heavy atom. The van der Waals surface area contributed by atoms with Gasteiger partial charge < -0.3 is 0 Å². The van der Waals surface area contributed by atoms with Crippen molar-refractivity contribution in [1.29, 1.82) is 0 Å². The second kappa shape index (κ2) is 7.36. The lowest BCUT2D eigenvalue weighted by Gasteiger charge is -2.07. The van der Waals surface area contributed by atoms with E-state index in [-0.39, 0.29) is 0 Å². The van der Waals surface area contributed by atoms with Crippen LogP contribution in [0.1, 0.15) is 18.3 Å². The predicted molar refractivity (Wildman–Crippen MR) is 102 cm³/mol. The van der Waals surface area contributed by atoms with Gasteiger partial charge in [0.2, 0.25) is 0 Å². The van der Waals surface area contributed by atoms with Crippen molar-refractivity contribution in [3.8, 4) is 11.3 Å². The first-order valence-corrected chi connectivity index (χ1v) is 8.38. The largest absolute Gasteiger partial charge is 0.261 e. The van der Waals surface area contributed by atoms with E-state index in [0.717, 1.165) is 27.0 Å². The molecular weight excluding hydrogens is 364 g/mol. The quantitative estimate of drug-likeness (QED) is 0.508. The number of anilines is 1. The van der Waals surface area contributed by atoms with Gasteiger partial charge in [0.25, 0.3) is 0 Å². The van der Waals surface area contributed by atoms with E-state index in [9.17, 15) is 0 Å². The first-order valence-electron chi connectivity index (χ1n) is 7.59. The Balaban J connectivity index is 1.84. The van der Waals surface area contributed by atoms with Crippen molar-refractivity contribution in [1.82, 2.24) is 9.97 Å². The number of rotatable bonds is 4. The van der Waals surface area contributed by atoms with Crippen molar-refractivity contribution in [2.75, 3.05) is 5.43 Å². The van der Waals surface area contributed by atoms with Crippen molar-refractivity contribution >= 4 is 27.5 Å². The maximum absolute atomic E-state index is 4.49. The fraction of sp³-hybridized carbons (Fsp3) is 0.105. The SMILES string of the molecule is CC(=NNc1cc(-c2ccccc2)nc(C)n1)c1ccc(Br)cc1. The first kappa shape index (κ1) is 16.3. The fourth-order valence-electron chi connectivity index (χ4n) is 2.28. The van der Waals surface area contributed by atoms with Crippen LogP contribution in [0.25, 0.3) is 11.3 Å². The Morgan fingerprint density at radius 2 is 1.71 bits per heavy atom. The van der Waals surface area contributed by atoms with Crippen LogP contribution in [0.4, 0.5) is 5.82 Å². The molecule has 0 aliphatic carbocycles. The van der Waals surface area contributed by atoms with Crippen molar-refractivity contribution in [2.45, 2.75) is 13.8 Å². The molecule has 4 nitrogen and oxygen atoms in total. The van der Waals surface area contributed by atoms with Gasteiger partial charge in [-0.05, 0) is 31.5 Å². The highest BCUT2D eigenvalue weighted by atomic mass is 79.9. The van der Waals surface area contributed by atoms with Gasteiger partial charge in [-0.2, -0.15) is 5.10 Å². The summed E-state index contributed by atoms with van der Waals surface area (Å²) in [5, 5.41) is 4.43. The van der Waals surface area contributed by atoms with Gasteiger partial charge in [-0.25, -0.2) is 9.97 Å². The number of hydrogen-bond acceptors (Lipinski definition) is 4. The van der Waals surface area contributed by atoms with Crippen molar-refractivity contribution in [3.05, 3.63) is 76.5 Å². The molecule has 1 aromatic heterocycles. The molecule has 2 aromatic carbocycles. The lowest BCUT2D eigenvalue weighted by Crippen LogP contribution is -2.02. The Labute approximate surface area is 149 Å². The van der Waals surface area contributed by atoms with Crippen LogP contribution >= 0.6 is 15.9 Å². The lowest BCUT2D eigenvalue weighted by atomic mass is 10.1. The van der Waals surface area contributed by atoms with Gasteiger partial charge in [0.1, 0.15) is 11.6 Å². The Kier molecular flexibility index (Phi) is 5.01. The Bertz CT molecular complexity index is 858. The minimum Gasteiger partial charge on any atom is -0.261 e. The maximum atomic E-state index is 4.49. The van der Waals surface area contributed by atoms with Gasteiger partial charge in [0.15, 0.2) is 0 Å². The normalized spacial score (nSPS) is 11.4. The van der Waals surface area contributed by atoms with Crippen LogP contribution in [0, 0.1) is 6.92 Å². The molecule has 0 fully saturated rings. The number of halogens is 1. The fourth-order valence-corrected chi connectivity index (χ4v) is 2.54. The Morgan fingerprint density at radius 1 is 1.00 bits per heavy atom. The molecule has 0 atom stereocenters. The number of hydrazone groups is 1. The second-order valence-corrected chi connectivity index (χ2v) is 6.28. The number of benzene rings is 2. The molecule has 1 heterocycles. The van der Waals surface area contributed by atoms with Crippen molar-refractivity contribution in [2.24, 2.45) is 5.10 Å². The van der Waals surface area contributed by atoms with Gasteiger partial charge in [-0.3, -0.25) is 5.43 Å². The molecule has 0 aliphatic heterocycles. The number of nitrogens with one attached hydrogen (secondary N) is 1. The molecule has 3 rings (SSSR count). The zero-order chi connectivity index (χ0) is 16.9. The van der Waals surface area contributed by atoms with E-state index in [1.807, 2.05) is 74.5 Å². The first-order chi connectivity index (χ1) is 11.6. The molecule has 0 saturated heterocycles. The molecule has 120 valence electrons. The van der Waals surface area contributed by atoms with Crippen molar-refractivity contribution in [3.63, 3.8) is 0 Å². The molecule has 24 heavy (non-hydrogen) atoms. The van der Waals surface area contributed by atoms with Crippen LogP contribution in [0.15, 0.2) is 70.2 Å². The Hall–Kier alpha value is -2.53. The summed E-state index contributed by atoms with van der Waals surface area (Å²) in [6.07, 6.45) is 0. The van der Waals surface area contributed by atoms with Gasteiger partial charge in [0, 0.05) is 16.1 Å². The highest BCUT2D eigenvalue weighted by molar-refractivity contribution is 9.10. The highest BCUT2D eigenvalue weighted by Crippen LogP contribution is 2.19. The third kappa shape index (κ3) is 4.06. The van der Waals surface area contributed by atoms with E-state index in [1.54, 1.807) is 0 Å². The third-order valence-corrected chi connectivity index (χ3v) is 4.04. The summed E-state index contributed by atoms with van der Waals surface area (Å²) in [5.41, 5.74) is 6.91. The van der Waals surface area contributed by atoms with Gasteiger partial charge >= 0.3 is 0 Å². The molecule has 0 radical (unpaired) electrons. The smallest absolute Gasteiger partial charge is 0.150 e. The van der Waals surface area contributed by atoms with Gasteiger partial charge in [-0.15, -0.1) is 0 Å². The van der Waals surface area contributed by atoms with E-state index >= 15 is 0 Å². The van der Waals surface area contributed by atoms with E-state index < -0.39 is 0 Å². The average molecular weight is 381 g/mol. The molecule has 0 saturated carbocycles. The van der Waals surface area contributed by atoms with Gasteiger partial charge in [-0.1, -0.05) is 58.4 Å². The molecular formula is C19H17BrN4. The summed E-state index contributed by atoms with van der Waals surface area (Å²) >= 11 is 3.44. The summed E-state index contributed by atoms with van der Waals surface area (Å²) in [5.74, 6) is 1.38. The van der Waals surface area contributed by atoms with E-state index in [0.29, 0.717) is 11.6 Å². The minimum atomic E-state index is 0.679. The monoisotopic (exact) mass is 380 g/mol. The summed E-state index contributed by atoms with van der Waals surface area (Å²) in [4.78, 5) is 8.90. The number of aryl methyl sites for hydroxylation is 1. The molecule has 0 aliphatic rings. The molecule has 0 bridgehead atoms. The maximum Gasteiger partial charge on any atom is 0.150 e. The summed E-state index contributed by atoms with van der Waals surface area (Å²) in [6.45, 7) is 3.84. The highest BCUT2D eigenvalue weighted by Gasteiger charge is 2.04. The van der Waals surface area contributed by atoms with Crippen LogP contribution in [-0.2, 0) is 0 Å². The van der Waals surface area contributed by atoms with Crippen LogP contribution < -0.4 is 5.43 Å². The number of aromatic nitrogens is 2. The zero-order valence-corrected chi connectivity index (χ0v) is 15.1. The lowest BCUT2D eigenvalue weighted by molar-refractivity contribution is 1.05. The van der Waals surface area contributed by atoms with Crippen LogP contribution in [0.2, 0.25) is 0 Å². The molecule has 5 heteroatoms. The van der Waals surface area contributed by atoms with E-state index in [1.165, 1.54) is 0 Å². The molecule has 0 unspecified atom stereocenters. The predicted octanol–water partition coefficient (Wildman–Crippen LogP) is 5.05. The number of nitrogens with zero attached hydrogens (tertiary/aromatic N) is 3. The second-order valence-electron chi connectivity index (χ2n) is 5.37. The summed E-state index contributed by atoms with van der Waals surface area (Å²) in [7, 11) is 0. The van der Waals surface area contributed by atoms with E-state index in [4.69, 9.17) is 0 Å². The van der Waals surface area contributed by atoms with Crippen LogP contribution in [-0.4, -0.2) is 15.7 Å². The molecule has 0 amide bonds. The standard InChI is InChI=1S/C19H17BrN4/c1-13(15-8-10-17(20)11-9-15)23-24-19-12-18(21-14(2)22-19)16-6-4-3-5-7-16/h3-12H,1-2H3,(H,21,22,24). The van der Waals surface area contributed by atoms with E-state index in [2.05, 4.69) is 36.4 Å². The average Bonchev–Trinajstić information content (AvgIpc) is 2.60. The number of hydrogen-bond donors (Lipinski definition) is 1. The van der Waals surface area contributed by atoms with Crippen LogP contribution in [0.5, 0.6) is 0 Å². The molecule has 1 N–H and O–H groups in total. The van der Waals surface area contributed by atoms with Crippen molar-refractivity contribution < 1.29 is 0 Å².